The van der Waals surface area contributed by atoms with Gasteiger partial charge < -0.3 is 5.73 Å². The molecule has 5 nitrogen and oxygen atoms in total. The van der Waals surface area contributed by atoms with E-state index in [1.54, 1.807) is 0 Å². The zero-order chi connectivity index (χ0) is 15.6. The van der Waals surface area contributed by atoms with Crippen LogP contribution in [0.1, 0.15) is 18.9 Å². The Morgan fingerprint density at radius 1 is 1.33 bits per heavy atom. The van der Waals surface area contributed by atoms with Crippen molar-refractivity contribution in [3.05, 3.63) is 61.6 Å². The molecule has 1 aromatic heterocycles. The number of nitrogens with zero attached hydrogens (tertiary/aromatic N) is 2. The third kappa shape index (κ3) is 3.16. The maximum Gasteiger partial charge on any atom is 0.331 e. The maximum absolute atomic E-state index is 13.1. The predicted molar refractivity (Wildman–Crippen MR) is 80.2 cm³/mol. The van der Waals surface area contributed by atoms with Crippen LogP contribution < -0.4 is 17.0 Å². The van der Waals surface area contributed by atoms with Gasteiger partial charge in [0.05, 0.1) is 11.6 Å². The zero-order valence-electron chi connectivity index (χ0n) is 11.5. The highest BCUT2D eigenvalue weighted by molar-refractivity contribution is 6.30. The lowest BCUT2D eigenvalue weighted by Crippen LogP contribution is -2.40. The second kappa shape index (κ2) is 6.13. The first kappa shape index (κ1) is 15.3. The Kier molecular flexibility index (Phi) is 4.47. The number of nitrogens with two attached hydrogens (primary N) is 1. The van der Waals surface area contributed by atoms with Crippen molar-refractivity contribution < 1.29 is 4.39 Å². The SMILES string of the molecule is CCCn1cc(N)c(=O)n(Cc2ccc(F)c(Cl)c2)c1=O. The van der Waals surface area contributed by atoms with Crippen LogP contribution in [-0.2, 0) is 13.1 Å². The van der Waals surface area contributed by atoms with Gasteiger partial charge in [-0.2, -0.15) is 0 Å². The summed E-state index contributed by atoms with van der Waals surface area (Å²) in [5, 5.41) is -0.0571. The Morgan fingerprint density at radius 2 is 2.05 bits per heavy atom. The normalized spacial score (nSPS) is 10.8. The Hall–Kier alpha value is -2.08. The molecule has 0 saturated heterocycles. The number of nitrogen functional groups attached to an aromatic ring is 1. The van der Waals surface area contributed by atoms with Gasteiger partial charge in [-0.1, -0.05) is 24.6 Å². The smallest absolute Gasteiger partial charge is 0.331 e. The van der Waals surface area contributed by atoms with Crippen LogP contribution in [-0.4, -0.2) is 9.13 Å². The van der Waals surface area contributed by atoms with Crippen LogP contribution in [0.2, 0.25) is 5.02 Å². The van der Waals surface area contributed by atoms with Crippen LogP contribution in [0.15, 0.2) is 34.0 Å². The Morgan fingerprint density at radius 3 is 2.67 bits per heavy atom. The number of aryl methyl sites for hydroxylation is 1. The first-order chi connectivity index (χ1) is 9.93. The summed E-state index contributed by atoms with van der Waals surface area (Å²) in [5.41, 5.74) is 5.19. The van der Waals surface area contributed by atoms with E-state index >= 15 is 0 Å². The van der Waals surface area contributed by atoms with Gasteiger partial charge in [0, 0.05) is 12.7 Å². The molecule has 0 amide bonds. The van der Waals surface area contributed by atoms with Gasteiger partial charge in [-0.15, -0.1) is 0 Å². The monoisotopic (exact) mass is 311 g/mol. The van der Waals surface area contributed by atoms with Crippen LogP contribution in [0.4, 0.5) is 10.1 Å². The number of benzene rings is 1. The predicted octanol–water partition coefficient (Wildman–Crippen LogP) is 1.84. The molecule has 112 valence electrons. The van der Waals surface area contributed by atoms with Gasteiger partial charge in [-0.3, -0.25) is 13.9 Å². The molecule has 0 radical (unpaired) electrons. The Labute approximate surface area is 125 Å². The summed E-state index contributed by atoms with van der Waals surface area (Å²) in [6, 6.07) is 4.05. The Balaban J connectivity index is 2.50. The topological polar surface area (TPSA) is 70.0 Å². The molecule has 0 atom stereocenters. The summed E-state index contributed by atoms with van der Waals surface area (Å²) in [6.07, 6.45) is 2.09. The van der Waals surface area contributed by atoms with Gasteiger partial charge in [-0.05, 0) is 24.1 Å². The van der Waals surface area contributed by atoms with Crippen LogP contribution in [0.5, 0.6) is 0 Å². The van der Waals surface area contributed by atoms with Crippen LogP contribution in [0.3, 0.4) is 0 Å². The molecule has 2 aromatic rings. The lowest BCUT2D eigenvalue weighted by molar-refractivity contribution is 0.572. The number of aromatic nitrogens is 2. The van der Waals surface area contributed by atoms with E-state index in [0.717, 1.165) is 11.0 Å². The fourth-order valence-electron chi connectivity index (χ4n) is 2.04. The van der Waals surface area contributed by atoms with Gasteiger partial charge in [0.15, 0.2) is 0 Å². The van der Waals surface area contributed by atoms with Crippen molar-refractivity contribution in [2.24, 2.45) is 0 Å². The standard InChI is InChI=1S/C14H15ClFN3O2/c1-2-5-18-8-12(17)13(20)19(14(18)21)7-9-3-4-11(16)10(15)6-9/h3-4,6,8H,2,5,7,17H2,1H3. The summed E-state index contributed by atoms with van der Waals surface area (Å²) in [4.78, 5) is 24.3. The molecule has 1 aromatic carbocycles. The molecule has 2 N–H and O–H groups in total. The second-order valence-electron chi connectivity index (χ2n) is 4.70. The van der Waals surface area contributed by atoms with E-state index in [-0.39, 0.29) is 17.3 Å². The molecular weight excluding hydrogens is 297 g/mol. The van der Waals surface area contributed by atoms with E-state index in [9.17, 15) is 14.0 Å². The molecule has 2 rings (SSSR count). The zero-order valence-corrected chi connectivity index (χ0v) is 12.2. The van der Waals surface area contributed by atoms with Gasteiger partial charge in [-0.25, -0.2) is 9.18 Å². The van der Waals surface area contributed by atoms with E-state index < -0.39 is 17.1 Å². The fraction of sp³-hybridized carbons (Fsp3) is 0.286. The second-order valence-corrected chi connectivity index (χ2v) is 5.11. The summed E-state index contributed by atoms with van der Waals surface area (Å²) in [7, 11) is 0. The summed E-state index contributed by atoms with van der Waals surface area (Å²) in [5.74, 6) is -0.552. The maximum atomic E-state index is 13.1. The van der Waals surface area contributed by atoms with Crippen molar-refractivity contribution in [2.75, 3.05) is 5.73 Å². The molecule has 0 aliphatic rings. The van der Waals surface area contributed by atoms with Crippen molar-refractivity contribution in [1.29, 1.82) is 0 Å². The summed E-state index contributed by atoms with van der Waals surface area (Å²) < 4.78 is 15.6. The van der Waals surface area contributed by atoms with E-state index in [4.69, 9.17) is 17.3 Å². The average molecular weight is 312 g/mol. The molecular formula is C14H15ClFN3O2. The molecule has 21 heavy (non-hydrogen) atoms. The molecule has 0 bridgehead atoms. The highest BCUT2D eigenvalue weighted by Gasteiger charge is 2.10. The molecule has 7 heteroatoms. The summed E-state index contributed by atoms with van der Waals surface area (Å²) >= 11 is 5.70. The molecule has 0 unspecified atom stereocenters. The number of hydrogen-bond acceptors (Lipinski definition) is 3. The van der Waals surface area contributed by atoms with Gasteiger partial charge >= 0.3 is 5.69 Å². The van der Waals surface area contributed by atoms with E-state index in [1.807, 2.05) is 6.92 Å². The number of halogens is 2. The number of rotatable bonds is 4. The van der Waals surface area contributed by atoms with Crippen LogP contribution in [0, 0.1) is 5.82 Å². The molecule has 0 fully saturated rings. The molecule has 0 aliphatic heterocycles. The van der Waals surface area contributed by atoms with E-state index in [1.165, 1.54) is 29.0 Å². The minimum Gasteiger partial charge on any atom is -0.393 e. The van der Waals surface area contributed by atoms with E-state index in [0.29, 0.717) is 12.1 Å². The van der Waals surface area contributed by atoms with Gasteiger partial charge in [0.2, 0.25) is 0 Å². The lowest BCUT2D eigenvalue weighted by Gasteiger charge is -2.11. The first-order valence-corrected chi connectivity index (χ1v) is 6.85. The van der Waals surface area contributed by atoms with Crippen molar-refractivity contribution in [3.8, 4) is 0 Å². The van der Waals surface area contributed by atoms with Gasteiger partial charge in [0.1, 0.15) is 11.5 Å². The molecule has 0 aliphatic carbocycles. The largest absolute Gasteiger partial charge is 0.393 e. The molecule has 0 saturated carbocycles. The molecule has 0 spiro atoms. The third-order valence-corrected chi connectivity index (χ3v) is 3.34. The van der Waals surface area contributed by atoms with Crippen LogP contribution >= 0.6 is 11.6 Å². The fourth-order valence-corrected chi connectivity index (χ4v) is 2.24. The summed E-state index contributed by atoms with van der Waals surface area (Å²) in [6.45, 7) is 2.37. The minimum absolute atomic E-state index is 0.00346. The highest BCUT2D eigenvalue weighted by atomic mass is 35.5. The molecule has 1 heterocycles. The Bertz CT molecular complexity index is 783. The number of anilines is 1. The first-order valence-electron chi connectivity index (χ1n) is 6.47. The van der Waals surface area contributed by atoms with E-state index in [2.05, 4.69) is 0 Å². The quantitative estimate of drug-likeness (QED) is 0.936. The van der Waals surface area contributed by atoms with Crippen molar-refractivity contribution in [2.45, 2.75) is 26.4 Å². The van der Waals surface area contributed by atoms with Crippen molar-refractivity contribution in [1.82, 2.24) is 9.13 Å². The number of hydrogen-bond donors (Lipinski definition) is 1. The minimum atomic E-state index is -0.562. The highest BCUT2D eigenvalue weighted by Crippen LogP contribution is 2.16. The van der Waals surface area contributed by atoms with Crippen molar-refractivity contribution >= 4 is 17.3 Å². The third-order valence-electron chi connectivity index (χ3n) is 3.05. The lowest BCUT2D eigenvalue weighted by atomic mass is 10.2. The average Bonchev–Trinajstić information content (AvgIpc) is 2.45. The van der Waals surface area contributed by atoms with Crippen LogP contribution in [0.25, 0.3) is 0 Å². The van der Waals surface area contributed by atoms with Crippen molar-refractivity contribution in [3.63, 3.8) is 0 Å². The van der Waals surface area contributed by atoms with Gasteiger partial charge in [0.25, 0.3) is 5.56 Å².